The highest BCUT2D eigenvalue weighted by molar-refractivity contribution is 6.17. The van der Waals surface area contributed by atoms with E-state index in [1.807, 2.05) is 27.7 Å². The summed E-state index contributed by atoms with van der Waals surface area (Å²) >= 11 is 0. The molecule has 72 valence electrons. The van der Waals surface area contributed by atoms with Gasteiger partial charge in [-0.25, -0.2) is 0 Å². The molecule has 1 unspecified atom stereocenters. The van der Waals surface area contributed by atoms with Gasteiger partial charge in [0.2, 0.25) is 5.91 Å². The summed E-state index contributed by atoms with van der Waals surface area (Å²) < 4.78 is 0. The van der Waals surface area contributed by atoms with E-state index >= 15 is 0 Å². The highest BCUT2D eigenvalue weighted by atomic mass is 16.2. The number of amides is 2. The Bertz CT molecular complexity index is 300. The van der Waals surface area contributed by atoms with Crippen molar-refractivity contribution in [3.8, 4) is 0 Å². The van der Waals surface area contributed by atoms with Gasteiger partial charge >= 0.3 is 0 Å². The average Bonchev–Trinajstić information content (AvgIpc) is 2.24. The molecule has 0 aliphatic carbocycles. The molecule has 0 aromatic heterocycles. The summed E-state index contributed by atoms with van der Waals surface area (Å²) in [6.45, 7) is 7.46. The second-order valence-corrected chi connectivity index (χ2v) is 3.84. The Morgan fingerprint density at radius 2 is 1.92 bits per heavy atom. The number of carbonyl (C=O) groups is 2. The molecule has 13 heavy (non-hydrogen) atoms. The molecule has 1 aliphatic rings. The molecule has 0 aromatic carbocycles. The number of imide groups is 1. The van der Waals surface area contributed by atoms with Gasteiger partial charge in [0.05, 0.1) is 5.41 Å². The van der Waals surface area contributed by atoms with Crippen LogP contribution in [-0.2, 0) is 9.59 Å². The van der Waals surface area contributed by atoms with E-state index in [2.05, 4.69) is 5.32 Å². The molecule has 1 N–H and O–H groups in total. The molecule has 1 fully saturated rings. The molecule has 1 rings (SSSR count). The normalized spacial score (nSPS) is 27.8. The third-order valence-electron chi connectivity index (χ3n) is 2.71. The van der Waals surface area contributed by atoms with Crippen molar-refractivity contribution in [2.75, 3.05) is 0 Å². The molecular formula is C10H15NO2. The third-order valence-corrected chi connectivity index (χ3v) is 2.71. The molecule has 0 bridgehead atoms. The summed E-state index contributed by atoms with van der Waals surface area (Å²) in [6.07, 6.45) is 0.658. The zero-order valence-corrected chi connectivity index (χ0v) is 8.52. The molecule has 2 amide bonds. The molecule has 3 nitrogen and oxygen atoms in total. The van der Waals surface area contributed by atoms with Gasteiger partial charge in [0.15, 0.2) is 0 Å². The van der Waals surface area contributed by atoms with Gasteiger partial charge in [-0.2, -0.15) is 0 Å². The van der Waals surface area contributed by atoms with Gasteiger partial charge < -0.3 is 0 Å². The van der Waals surface area contributed by atoms with E-state index in [1.54, 1.807) is 0 Å². The predicted octanol–water partition coefficient (Wildman–Crippen LogP) is 1.40. The van der Waals surface area contributed by atoms with E-state index in [9.17, 15) is 9.59 Å². The Balaban J connectivity index is 3.28. The fourth-order valence-electron chi connectivity index (χ4n) is 1.78. The minimum atomic E-state index is -0.615. The molecule has 3 heteroatoms. The van der Waals surface area contributed by atoms with Gasteiger partial charge in [0.1, 0.15) is 0 Å². The number of hydrogen-bond acceptors (Lipinski definition) is 2. The zero-order chi connectivity index (χ0) is 10.2. The van der Waals surface area contributed by atoms with Gasteiger partial charge in [-0.3, -0.25) is 14.9 Å². The quantitative estimate of drug-likeness (QED) is 0.491. The first-order chi connectivity index (χ1) is 5.93. The van der Waals surface area contributed by atoms with Crippen molar-refractivity contribution in [2.45, 2.75) is 34.1 Å². The summed E-state index contributed by atoms with van der Waals surface area (Å²) in [5.74, 6) is -0.398. The molecule has 0 radical (unpaired) electrons. The van der Waals surface area contributed by atoms with Gasteiger partial charge in [-0.1, -0.05) is 12.5 Å². The van der Waals surface area contributed by atoms with Crippen molar-refractivity contribution in [3.63, 3.8) is 0 Å². The second-order valence-electron chi connectivity index (χ2n) is 3.84. The van der Waals surface area contributed by atoms with Crippen molar-refractivity contribution >= 4 is 11.8 Å². The summed E-state index contributed by atoms with van der Waals surface area (Å²) in [6, 6.07) is 0. The summed E-state index contributed by atoms with van der Waals surface area (Å²) in [5, 5.41) is 2.35. The molecule has 1 atom stereocenters. The molecule has 1 aliphatic heterocycles. The van der Waals surface area contributed by atoms with E-state index in [-0.39, 0.29) is 11.8 Å². The predicted molar refractivity (Wildman–Crippen MR) is 49.9 cm³/mol. The monoisotopic (exact) mass is 181 g/mol. The van der Waals surface area contributed by atoms with Crippen LogP contribution in [0.15, 0.2) is 11.1 Å². The molecule has 1 saturated heterocycles. The van der Waals surface area contributed by atoms with Crippen LogP contribution in [0.25, 0.3) is 0 Å². The Hall–Kier alpha value is -1.12. The molecular weight excluding hydrogens is 166 g/mol. The molecule has 1 heterocycles. The van der Waals surface area contributed by atoms with Crippen molar-refractivity contribution in [1.82, 2.24) is 5.32 Å². The van der Waals surface area contributed by atoms with Crippen molar-refractivity contribution in [2.24, 2.45) is 5.41 Å². The lowest BCUT2D eigenvalue weighted by Gasteiger charge is -2.20. The summed E-state index contributed by atoms with van der Waals surface area (Å²) in [5.41, 5.74) is 0.948. The fourth-order valence-corrected chi connectivity index (χ4v) is 1.78. The first-order valence-corrected chi connectivity index (χ1v) is 4.47. The van der Waals surface area contributed by atoms with Crippen LogP contribution in [0.1, 0.15) is 34.1 Å². The van der Waals surface area contributed by atoms with Crippen molar-refractivity contribution < 1.29 is 9.59 Å². The minimum Gasteiger partial charge on any atom is -0.292 e. The maximum Gasteiger partial charge on any atom is 0.254 e. The van der Waals surface area contributed by atoms with E-state index in [0.717, 1.165) is 5.57 Å². The zero-order valence-electron chi connectivity index (χ0n) is 8.52. The summed E-state index contributed by atoms with van der Waals surface area (Å²) in [4.78, 5) is 22.9. The van der Waals surface area contributed by atoms with Crippen molar-refractivity contribution in [3.05, 3.63) is 11.1 Å². The first kappa shape index (κ1) is 9.96. The van der Waals surface area contributed by atoms with Crippen molar-refractivity contribution in [1.29, 1.82) is 0 Å². The van der Waals surface area contributed by atoms with E-state index in [4.69, 9.17) is 0 Å². The standard InChI is InChI=1S/C10H15NO2/c1-5-10(4)7(6(2)3)8(12)11-9(10)13/h5H2,1-4H3,(H,11,12,13). The molecule has 0 aromatic rings. The highest BCUT2D eigenvalue weighted by Crippen LogP contribution is 2.37. The minimum absolute atomic E-state index is 0.170. The SMILES string of the molecule is CCC1(C)C(=O)NC(=O)C1=C(C)C. The lowest BCUT2D eigenvalue weighted by molar-refractivity contribution is -0.128. The van der Waals surface area contributed by atoms with Gasteiger partial charge in [0, 0.05) is 5.57 Å². The van der Waals surface area contributed by atoms with Crippen LogP contribution in [0, 0.1) is 5.41 Å². The lowest BCUT2D eigenvalue weighted by atomic mass is 9.79. The van der Waals surface area contributed by atoms with Gasteiger partial charge in [0.25, 0.3) is 5.91 Å². The van der Waals surface area contributed by atoms with Crippen LogP contribution in [-0.4, -0.2) is 11.8 Å². The Morgan fingerprint density at radius 3 is 2.23 bits per heavy atom. The van der Waals surface area contributed by atoms with E-state index in [0.29, 0.717) is 12.0 Å². The topological polar surface area (TPSA) is 46.2 Å². The fraction of sp³-hybridized carbons (Fsp3) is 0.600. The molecule has 0 saturated carbocycles. The number of allylic oxidation sites excluding steroid dienone is 1. The summed E-state index contributed by atoms with van der Waals surface area (Å²) in [7, 11) is 0. The van der Waals surface area contributed by atoms with E-state index in [1.165, 1.54) is 0 Å². The second kappa shape index (κ2) is 2.98. The molecule has 0 spiro atoms. The van der Waals surface area contributed by atoms with Crippen LogP contribution in [0.3, 0.4) is 0 Å². The number of hydrogen-bond donors (Lipinski definition) is 1. The van der Waals surface area contributed by atoms with Gasteiger partial charge in [-0.05, 0) is 27.2 Å². The third kappa shape index (κ3) is 1.28. The number of rotatable bonds is 1. The van der Waals surface area contributed by atoms with Crippen LogP contribution in [0.2, 0.25) is 0 Å². The van der Waals surface area contributed by atoms with Crippen LogP contribution < -0.4 is 5.32 Å². The lowest BCUT2D eigenvalue weighted by Crippen LogP contribution is -2.28. The van der Waals surface area contributed by atoms with Crippen LogP contribution in [0.4, 0.5) is 0 Å². The van der Waals surface area contributed by atoms with Crippen LogP contribution in [0.5, 0.6) is 0 Å². The number of carbonyl (C=O) groups excluding carboxylic acids is 2. The van der Waals surface area contributed by atoms with Crippen LogP contribution >= 0.6 is 0 Å². The largest absolute Gasteiger partial charge is 0.292 e. The average molecular weight is 181 g/mol. The van der Waals surface area contributed by atoms with E-state index < -0.39 is 5.41 Å². The Kier molecular flexibility index (Phi) is 2.28. The Morgan fingerprint density at radius 1 is 1.38 bits per heavy atom. The maximum atomic E-state index is 11.5. The maximum absolute atomic E-state index is 11.5. The smallest absolute Gasteiger partial charge is 0.254 e. The first-order valence-electron chi connectivity index (χ1n) is 4.47. The number of nitrogens with one attached hydrogen (secondary N) is 1. The Labute approximate surface area is 78.2 Å². The highest BCUT2D eigenvalue weighted by Gasteiger charge is 2.46. The van der Waals surface area contributed by atoms with Gasteiger partial charge in [-0.15, -0.1) is 0 Å².